The van der Waals surface area contributed by atoms with Crippen molar-refractivity contribution in [3.63, 3.8) is 0 Å². The monoisotopic (exact) mass is 180 g/mol. The molecule has 0 aliphatic rings. The molecule has 2 nitrogen and oxygen atoms in total. The maximum atomic E-state index is 11.6. The summed E-state index contributed by atoms with van der Waals surface area (Å²) in [6.45, 7) is 4.10. The lowest BCUT2D eigenvalue weighted by atomic mass is 9.95. The van der Waals surface area contributed by atoms with Crippen LogP contribution in [0.25, 0.3) is 0 Å². The molecule has 72 valence electrons. The number of carbonyl (C=O) groups excluding carboxylic acids is 1. The molecular formula is C11H16O2. The number of furan rings is 1. The van der Waals surface area contributed by atoms with E-state index in [0.717, 1.165) is 18.6 Å². The van der Waals surface area contributed by atoms with Crippen LogP contribution in [0.1, 0.15) is 32.4 Å². The van der Waals surface area contributed by atoms with Gasteiger partial charge in [0.15, 0.2) is 0 Å². The van der Waals surface area contributed by atoms with Gasteiger partial charge in [-0.05, 0) is 25.0 Å². The maximum absolute atomic E-state index is 11.6. The van der Waals surface area contributed by atoms with Crippen LogP contribution in [-0.2, 0) is 11.2 Å². The highest BCUT2D eigenvalue weighted by Crippen LogP contribution is 2.12. The third-order valence-electron chi connectivity index (χ3n) is 2.37. The first-order valence-corrected chi connectivity index (χ1v) is 4.83. The van der Waals surface area contributed by atoms with E-state index in [1.165, 1.54) is 0 Å². The van der Waals surface area contributed by atoms with Gasteiger partial charge in [0.05, 0.1) is 12.7 Å². The average Bonchev–Trinajstić information content (AvgIpc) is 2.59. The van der Waals surface area contributed by atoms with Gasteiger partial charge in [0.1, 0.15) is 11.5 Å². The van der Waals surface area contributed by atoms with Gasteiger partial charge in [0.2, 0.25) is 0 Å². The molecule has 0 aliphatic carbocycles. The second-order valence-corrected chi connectivity index (χ2v) is 3.24. The topological polar surface area (TPSA) is 30.2 Å². The Balaban J connectivity index is 2.49. The van der Waals surface area contributed by atoms with Gasteiger partial charge in [-0.1, -0.05) is 13.8 Å². The van der Waals surface area contributed by atoms with E-state index in [0.29, 0.717) is 12.2 Å². The Kier molecular flexibility index (Phi) is 3.74. The van der Waals surface area contributed by atoms with E-state index in [4.69, 9.17) is 4.42 Å². The standard InChI is InChI=1S/C11H16O2/c1-3-9(4-2)11(12)8-10-6-5-7-13-10/h5-7,9H,3-4,8H2,1-2H3. The third-order valence-corrected chi connectivity index (χ3v) is 2.37. The van der Waals surface area contributed by atoms with Crippen LogP contribution in [0, 0.1) is 5.92 Å². The van der Waals surface area contributed by atoms with Crippen molar-refractivity contribution in [1.82, 2.24) is 0 Å². The molecule has 0 fully saturated rings. The summed E-state index contributed by atoms with van der Waals surface area (Å²) in [7, 11) is 0. The molecule has 0 atom stereocenters. The van der Waals surface area contributed by atoms with Crippen LogP contribution < -0.4 is 0 Å². The van der Waals surface area contributed by atoms with Crippen LogP contribution in [0.3, 0.4) is 0 Å². The van der Waals surface area contributed by atoms with Crippen molar-refractivity contribution < 1.29 is 9.21 Å². The fourth-order valence-electron chi connectivity index (χ4n) is 1.47. The fraction of sp³-hybridized carbons (Fsp3) is 0.545. The number of rotatable bonds is 5. The smallest absolute Gasteiger partial charge is 0.143 e. The zero-order valence-electron chi connectivity index (χ0n) is 8.25. The van der Waals surface area contributed by atoms with Gasteiger partial charge in [-0.15, -0.1) is 0 Å². The zero-order chi connectivity index (χ0) is 9.68. The number of ketones is 1. The molecule has 1 heterocycles. The normalized spacial score (nSPS) is 10.7. The highest BCUT2D eigenvalue weighted by molar-refractivity contribution is 5.82. The molecule has 0 saturated carbocycles. The Morgan fingerprint density at radius 1 is 1.46 bits per heavy atom. The minimum Gasteiger partial charge on any atom is -0.469 e. The van der Waals surface area contributed by atoms with Crippen LogP contribution in [0.5, 0.6) is 0 Å². The molecule has 0 amide bonds. The summed E-state index contributed by atoms with van der Waals surface area (Å²) in [5.41, 5.74) is 0. The lowest BCUT2D eigenvalue weighted by Gasteiger charge is -2.08. The molecular weight excluding hydrogens is 164 g/mol. The van der Waals surface area contributed by atoms with Gasteiger partial charge in [-0.3, -0.25) is 4.79 Å². The molecule has 0 unspecified atom stereocenters. The maximum Gasteiger partial charge on any atom is 0.143 e. The molecule has 0 aromatic carbocycles. The number of Topliss-reactive ketones (excluding diaryl/α,β-unsaturated/α-hetero) is 1. The van der Waals surface area contributed by atoms with E-state index >= 15 is 0 Å². The van der Waals surface area contributed by atoms with Crippen molar-refractivity contribution >= 4 is 5.78 Å². The summed E-state index contributed by atoms with van der Waals surface area (Å²) in [5, 5.41) is 0. The van der Waals surface area contributed by atoms with Crippen molar-refractivity contribution in [3.8, 4) is 0 Å². The van der Waals surface area contributed by atoms with Crippen molar-refractivity contribution in [3.05, 3.63) is 24.2 Å². The van der Waals surface area contributed by atoms with Gasteiger partial charge in [-0.2, -0.15) is 0 Å². The molecule has 1 rings (SSSR count). The lowest BCUT2D eigenvalue weighted by molar-refractivity contribution is -0.122. The molecule has 0 N–H and O–H groups in total. The van der Waals surface area contributed by atoms with Gasteiger partial charge < -0.3 is 4.42 Å². The van der Waals surface area contributed by atoms with Crippen LogP contribution >= 0.6 is 0 Å². The van der Waals surface area contributed by atoms with Crippen molar-refractivity contribution in [2.24, 2.45) is 5.92 Å². The van der Waals surface area contributed by atoms with Gasteiger partial charge in [-0.25, -0.2) is 0 Å². The summed E-state index contributed by atoms with van der Waals surface area (Å²) in [4.78, 5) is 11.6. The summed E-state index contributed by atoms with van der Waals surface area (Å²) in [6.07, 6.45) is 3.90. The molecule has 0 saturated heterocycles. The Labute approximate surface area is 78.9 Å². The lowest BCUT2D eigenvalue weighted by Crippen LogP contribution is -2.14. The Hall–Kier alpha value is -1.05. The summed E-state index contributed by atoms with van der Waals surface area (Å²) >= 11 is 0. The number of hydrogen-bond donors (Lipinski definition) is 0. The minimum atomic E-state index is 0.199. The second-order valence-electron chi connectivity index (χ2n) is 3.24. The SMILES string of the molecule is CCC(CC)C(=O)Cc1ccco1. The average molecular weight is 180 g/mol. The summed E-state index contributed by atoms with van der Waals surface area (Å²) < 4.78 is 5.12. The highest BCUT2D eigenvalue weighted by atomic mass is 16.3. The minimum absolute atomic E-state index is 0.199. The van der Waals surface area contributed by atoms with E-state index in [1.807, 2.05) is 26.0 Å². The van der Waals surface area contributed by atoms with Crippen LogP contribution in [0.2, 0.25) is 0 Å². The van der Waals surface area contributed by atoms with Crippen molar-refractivity contribution in [1.29, 1.82) is 0 Å². The molecule has 0 bridgehead atoms. The fourth-order valence-corrected chi connectivity index (χ4v) is 1.47. The van der Waals surface area contributed by atoms with Crippen LogP contribution in [0.4, 0.5) is 0 Å². The van der Waals surface area contributed by atoms with Crippen molar-refractivity contribution in [2.45, 2.75) is 33.1 Å². The Bertz CT molecular complexity index is 245. The second kappa shape index (κ2) is 4.85. The molecule has 1 aromatic rings. The predicted octanol–water partition coefficient (Wildman–Crippen LogP) is 2.83. The quantitative estimate of drug-likeness (QED) is 0.697. The van der Waals surface area contributed by atoms with E-state index in [2.05, 4.69) is 0 Å². The molecule has 13 heavy (non-hydrogen) atoms. The van der Waals surface area contributed by atoms with E-state index in [9.17, 15) is 4.79 Å². The van der Waals surface area contributed by atoms with Gasteiger partial charge >= 0.3 is 0 Å². The number of carbonyl (C=O) groups is 1. The van der Waals surface area contributed by atoms with E-state index in [1.54, 1.807) is 6.26 Å². The first-order valence-electron chi connectivity index (χ1n) is 4.83. The van der Waals surface area contributed by atoms with Crippen LogP contribution in [-0.4, -0.2) is 5.78 Å². The predicted molar refractivity (Wildman–Crippen MR) is 51.5 cm³/mol. The number of hydrogen-bond acceptors (Lipinski definition) is 2. The van der Waals surface area contributed by atoms with Gasteiger partial charge in [0, 0.05) is 5.92 Å². The van der Waals surface area contributed by atoms with Crippen LogP contribution in [0.15, 0.2) is 22.8 Å². The Morgan fingerprint density at radius 3 is 2.62 bits per heavy atom. The molecule has 0 aliphatic heterocycles. The Morgan fingerprint density at radius 2 is 2.15 bits per heavy atom. The summed E-state index contributed by atoms with van der Waals surface area (Å²) in [6, 6.07) is 3.66. The first-order chi connectivity index (χ1) is 6.27. The molecule has 0 radical (unpaired) electrons. The van der Waals surface area contributed by atoms with Gasteiger partial charge in [0.25, 0.3) is 0 Å². The molecule has 1 aromatic heterocycles. The summed E-state index contributed by atoms with van der Waals surface area (Å²) in [5.74, 6) is 1.27. The highest BCUT2D eigenvalue weighted by Gasteiger charge is 2.15. The first kappa shape index (κ1) is 10.0. The third kappa shape index (κ3) is 2.72. The molecule has 2 heteroatoms. The molecule has 0 spiro atoms. The van der Waals surface area contributed by atoms with Crippen molar-refractivity contribution in [2.75, 3.05) is 0 Å². The largest absolute Gasteiger partial charge is 0.469 e. The van der Waals surface area contributed by atoms with E-state index < -0.39 is 0 Å². The van der Waals surface area contributed by atoms with E-state index in [-0.39, 0.29) is 5.92 Å². The zero-order valence-corrected chi connectivity index (χ0v) is 8.25.